The zero-order valence-electron chi connectivity index (χ0n) is 10.8. The topological polar surface area (TPSA) is 54.8 Å². The van der Waals surface area contributed by atoms with E-state index in [1.54, 1.807) is 6.26 Å². The van der Waals surface area contributed by atoms with Gasteiger partial charge in [-0.05, 0) is 30.9 Å². The van der Waals surface area contributed by atoms with E-state index >= 15 is 0 Å². The molecular weight excluding hydrogens is 341 g/mol. The van der Waals surface area contributed by atoms with E-state index in [1.807, 2.05) is 12.1 Å². The summed E-state index contributed by atoms with van der Waals surface area (Å²) in [6, 6.07) is 3.86. The third-order valence-corrected chi connectivity index (χ3v) is 3.19. The van der Waals surface area contributed by atoms with Crippen LogP contribution < -0.4 is 5.73 Å². The first-order valence-corrected chi connectivity index (χ1v) is 6.33. The van der Waals surface area contributed by atoms with Gasteiger partial charge in [0.05, 0.1) is 6.26 Å². The predicted molar refractivity (Wildman–Crippen MR) is 84.3 cm³/mol. The highest BCUT2D eigenvalue weighted by atomic mass is 127. The van der Waals surface area contributed by atoms with Crippen LogP contribution in [0, 0.1) is 5.92 Å². The monoisotopic (exact) mass is 363 g/mol. The summed E-state index contributed by atoms with van der Waals surface area (Å²) in [5, 5.41) is 0. The summed E-state index contributed by atoms with van der Waals surface area (Å²) in [6.45, 7) is 5.04. The van der Waals surface area contributed by atoms with Gasteiger partial charge in [0.1, 0.15) is 5.76 Å². The van der Waals surface area contributed by atoms with Crippen LogP contribution in [0.4, 0.5) is 0 Å². The zero-order valence-corrected chi connectivity index (χ0v) is 13.2. The Bertz CT molecular complexity index is 364. The number of hydrogen-bond donors (Lipinski definition) is 1. The number of aliphatic imine (C=N–C) groups is 1. The maximum Gasteiger partial charge on any atom is 0.191 e. The fourth-order valence-electron chi connectivity index (χ4n) is 2.23. The van der Waals surface area contributed by atoms with Gasteiger partial charge in [0.15, 0.2) is 5.96 Å². The van der Waals surface area contributed by atoms with E-state index in [4.69, 9.17) is 10.2 Å². The normalized spacial score (nSPS) is 20.6. The van der Waals surface area contributed by atoms with E-state index in [0.29, 0.717) is 12.5 Å². The lowest BCUT2D eigenvalue weighted by Gasteiger charge is -2.31. The zero-order chi connectivity index (χ0) is 12.1. The Morgan fingerprint density at radius 2 is 2.44 bits per heavy atom. The second-order valence-corrected chi connectivity index (χ2v) is 4.76. The molecule has 1 aliphatic heterocycles. The number of halogens is 1. The largest absolute Gasteiger partial charge is 0.469 e. The van der Waals surface area contributed by atoms with Crippen LogP contribution in [0.1, 0.15) is 25.5 Å². The molecule has 0 aromatic carbocycles. The number of rotatable bonds is 3. The molecule has 102 valence electrons. The summed E-state index contributed by atoms with van der Waals surface area (Å²) < 4.78 is 5.25. The number of nitrogens with zero attached hydrogens (tertiary/aromatic N) is 2. The molecule has 1 saturated heterocycles. The Labute approximate surface area is 126 Å². The Morgan fingerprint density at radius 3 is 3.11 bits per heavy atom. The second-order valence-electron chi connectivity index (χ2n) is 4.76. The maximum atomic E-state index is 6.00. The van der Waals surface area contributed by atoms with Gasteiger partial charge >= 0.3 is 0 Å². The van der Waals surface area contributed by atoms with Crippen LogP contribution in [0.3, 0.4) is 0 Å². The molecule has 18 heavy (non-hydrogen) atoms. The molecule has 0 aliphatic carbocycles. The molecule has 2 N–H and O–H groups in total. The highest BCUT2D eigenvalue weighted by molar-refractivity contribution is 14.0. The average molecular weight is 363 g/mol. The van der Waals surface area contributed by atoms with Crippen molar-refractivity contribution in [3.8, 4) is 0 Å². The highest BCUT2D eigenvalue weighted by Crippen LogP contribution is 2.14. The van der Waals surface area contributed by atoms with Gasteiger partial charge in [-0.2, -0.15) is 0 Å². The molecule has 0 spiro atoms. The Hall–Kier alpha value is -0.720. The molecule has 1 atom stereocenters. The summed E-state index contributed by atoms with van der Waals surface area (Å²) in [5.74, 6) is 2.37. The van der Waals surface area contributed by atoms with E-state index in [9.17, 15) is 0 Å². The van der Waals surface area contributed by atoms with Crippen LogP contribution in [-0.4, -0.2) is 30.5 Å². The van der Waals surface area contributed by atoms with Crippen molar-refractivity contribution in [1.82, 2.24) is 4.90 Å². The molecule has 1 fully saturated rings. The first kappa shape index (κ1) is 15.3. The molecule has 1 aliphatic rings. The lowest BCUT2D eigenvalue weighted by Crippen LogP contribution is -2.43. The van der Waals surface area contributed by atoms with Crippen LogP contribution in [-0.2, 0) is 6.42 Å². The van der Waals surface area contributed by atoms with E-state index in [2.05, 4.69) is 16.8 Å². The van der Waals surface area contributed by atoms with Crippen molar-refractivity contribution < 1.29 is 4.42 Å². The highest BCUT2D eigenvalue weighted by Gasteiger charge is 2.17. The number of guanidine groups is 1. The van der Waals surface area contributed by atoms with E-state index in [-0.39, 0.29) is 24.0 Å². The van der Waals surface area contributed by atoms with Gasteiger partial charge in [-0.3, -0.25) is 4.99 Å². The van der Waals surface area contributed by atoms with Gasteiger partial charge < -0.3 is 15.1 Å². The smallest absolute Gasteiger partial charge is 0.191 e. The molecule has 4 nitrogen and oxygen atoms in total. The lowest BCUT2D eigenvalue weighted by atomic mass is 10.0. The number of nitrogens with two attached hydrogens (primary N) is 1. The minimum absolute atomic E-state index is 0. The Morgan fingerprint density at radius 1 is 1.61 bits per heavy atom. The number of furan rings is 1. The molecule has 0 amide bonds. The molecule has 2 rings (SSSR count). The summed E-state index contributed by atoms with van der Waals surface area (Å²) in [6.07, 6.45) is 5.03. The second kappa shape index (κ2) is 7.66. The standard InChI is InChI=1S/C13H21N3O.HI/c1-11-4-2-8-16(10-11)13(14)15-7-6-12-5-3-9-17-12;/h3,5,9,11H,2,4,6-8,10H2,1H3,(H2,14,15);1H. The van der Waals surface area contributed by atoms with Crippen LogP contribution in [0.5, 0.6) is 0 Å². The molecule has 2 heterocycles. The molecule has 1 aromatic rings. The molecule has 1 unspecified atom stereocenters. The number of likely N-dealkylation sites (tertiary alicyclic amines) is 1. The predicted octanol–water partition coefficient (Wildman–Crippen LogP) is 2.49. The summed E-state index contributed by atoms with van der Waals surface area (Å²) in [4.78, 5) is 6.61. The van der Waals surface area contributed by atoms with Crippen molar-refractivity contribution in [2.45, 2.75) is 26.2 Å². The van der Waals surface area contributed by atoms with Crippen molar-refractivity contribution >= 4 is 29.9 Å². The summed E-state index contributed by atoms with van der Waals surface area (Å²) in [7, 11) is 0. The molecule has 0 saturated carbocycles. The van der Waals surface area contributed by atoms with Crippen molar-refractivity contribution in [2.75, 3.05) is 19.6 Å². The first-order valence-electron chi connectivity index (χ1n) is 6.33. The molecular formula is C13H22IN3O. The minimum Gasteiger partial charge on any atom is -0.469 e. The van der Waals surface area contributed by atoms with E-state index in [1.165, 1.54) is 12.8 Å². The van der Waals surface area contributed by atoms with Crippen molar-refractivity contribution in [3.05, 3.63) is 24.2 Å². The van der Waals surface area contributed by atoms with Crippen molar-refractivity contribution in [2.24, 2.45) is 16.6 Å². The maximum absolute atomic E-state index is 6.00. The molecule has 0 radical (unpaired) electrons. The summed E-state index contributed by atoms with van der Waals surface area (Å²) >= 11 is 0. The average Bonchev–Trinajstić information content (AvgIpc) is 2.82. The van der Waals surface area contributed by atoms with Crippen LogP contribution in [0.2, 0.25) is 0 Å². The summed E-state index contributed by atoms with van der Waals surface area (Å²) in [5.41, 5.74) is 6.00. The number of hydrogen-bond acceptors (Lipinski definition) is 2. The van der Waals surface area contributed by atoms with Crippen molar-refractivity contribution in [3.63, 3.8) is 0 Å². The SMILES string of the molecule is CC1CCCN(C(N)=NCCc2ccco2)C1.I. The molecule has 1 aromatic heterocycles. The van der Waals surface area contributed by atoms with Gasteiger partial charge in [-0.15, -0.1) is 24.0 Å². The lowest BCUT2D eigenvalue weighted by molar-refractivity contribution is 0.270. The van der Waals surface area contributed by atoms with Gasteiger partial charge in [0.25, 0.3) is 0 Å². The van der Waals surface area contributed by atoms with Gasteiger partial charge in [0, 0.05) is 26.1 Å². The van der Waals surface area contributed by atoms with E-state index < -0.39 is 0 Å². The minimum atomic E-state index is 0. The Kier molecular flexibility index (Phi) is 6.52. The quantitative estimate of drug-likeness (QED) is 0.510. The fourth-order valence-corrected chi connectivity index (χ4v) is 2.23. The third kappa shape index (κ3) is 4.51. The van der Waals surface area contributed by atoms with Gasteiger partial charge in [-0.1, -0.05) is 6.92 Å². The van der Waals surface area contributed by atoms with E-state index in [0.717, 1.165) is 31.2 Å². The number of piperidine rings is 1. The Balaban J connectivity index is 0.00000162. The van der Waals surface area contributed by atoms with Crippen LogP contribution in [0.25, 0.3) is 0 Å². The molecule has 5 heteroatoms. The van der Waals surface area contributed by atoms with Gasteiger partial charge in [-0.25, -0.2) is 0 Å². The third-order valence-electron chi connectivity index (χ3n) is 3.19. The molecule has 0 bridgehead atoms. The van der Waals surface area contributed by atoms with Crippen LogP contribution >= 0.6 is 24.0 Å². The van der Waals surface area contributed by atoms with Crippen molar-refractivity contribution in [1.29, 1.82) is 0 Å². The van der Waals surface area contributed by atoms with Crippen LogP contribution in [0.15, 0.2) is 27.8 Å². The fraction of sp³-hybridized carbons (Fsp3) is 0.615. The van der Waals surface area contributed by atoms with Gasteiger partial charge in [0.2, 0.25) is 0 Å². The first-order chi connectivity index (χ1) is 8.25.